The predicted molar refractivity (Wildman–Crippen MR) is 79.8 cm³/mol. The number of aryl methyl sites for hydroxylation is 1. The average molecular weight is 311 g/mol. The number of nitrogens with zero attached hydrogens (tertiary/aromatic N) is 2. The molecule has 2 rings (SSSR count). The lowest BCUT2D eigenvalue weighted by Crippen LogP contribution is -2.24. The summed E-state index contributed by atoms with van der Waals surface area (Å²) in [6.07, 6.45) is 0.802. The minimum absolute atomic E-state index is 0.0483. The Morgan fingerprint density at radius 3 is 2.80 bits per heavy atom. The lowest BCUT2D eigenvalue weighted by molar-refractivity contribution is -0.118. The topological polar surface area (TPSA) is 70.7 Å². The smallest absolute Gasteiger partial charge is 0.230 e. The van der Waals surface area contributed by atoms with Gasteiger partial charge < -0.3 is 5.32 Å². The quantitative estimate of drug-likeness (QED) is 0.804. The van der Waals surface area contributed by atoms with Crippen LogP contribution in [0.25, 0.3) is 0 Å². The lowest BCUT2D eigenvalue weighted by Gasteiger charge is -2.04. The van der Waals surface area contributed by atoms with Crippen molar-refractivity contribution in [2.45, 2.75) is 25.0 Å². The molecule has 1 amide bonds. The Morgan fingerprint density at radius 2 is 2.15 bits per heavy atom. The van der Waals surface area contributed by atoms with E-state index in [0.717, 1.165) is 17.8 Å². The molecular formula is C13H15ClN4OS. The Morgan fingerprint density at radius 1 is 1.40 bits per heavy atom. The van der Waals surface area contributed by atoms with Crippen LogP contribution in [-0.2, 0) is 17.8 Å². The van der Waals surface area contributed by atoms with Crippen LogP contribution in [0.4, 0.5) is 0 Å². The molecule has 0 aliphatic rings. The number of halogens is 1. The van der Waals surface area contributed by atoms with E-state index in [1.165, 1.54) is 11.8 Å². The second-order valence-electron chi connectivity index (χ2n) is 4.11. The van der Waals surface area contributed by atoms with Crippen molar-refractivity contribution in [3.8, 4) is 0 Å². The zero-order chi connectivity index (χ0) is 14.4. The number of aromatic nitrogens is 3. The average Bonchev–Trinajstić information content (AvgIpc) is 2.92. The van der Waals surface area contributed by atoms with Gasteiger partial charge in [-0.15, -0.1) is 5.10 Å². The fraction of sp³-hybridized carbons (Fsp3) is 0.308. The van der Waals surface area contributed by atoms with Crippen molar-refractivity contribution in [3.63, 3.8) is 0 Å². The van der Waals surface area contributed by atoms with Gasteiger partial charge in [0.1, 0.15) is 5.82 Å². The van der Waals surface area contributed by atoms with Gasteiger partial charge in [-0.1, -0.05) is 42.4 Å². The zero-order valence-electron chi connectivity index (χ0n) is 11.0. The molecule has 0 spiro atoms. The molecule has 1 aromatic heterocycles. The molecule has 0 aliphatic carbocycles. The standard InChI is InChI=1S/C13H15ClN4OS/c1-2-11-16-13(18-17-11)20-8-12(19)15-7-9-3-5-10(14)6-4-9/h3-6H,2,7-8H2,1H3,(H,15,19)(H,16,17,18). The molecule has 0 atom stereocenters. The summed E-state index contributed by atoms with van der Waals surface area (Å²) in [6, 6.07) is 7.38. The van der Waals surface area contributed by atoms with E-state index >= 15 is 0 Å². The van der Waals surface area contributed by atoms with E-state index in [0.29, 0.717) is 22.5 Å². The van der Waals surface area contributed by atoms with Gasteiger partial charge in [-0.25, -0.2) is 4.98 Å². The predicted octanol–water partition coefficient (Wildman–Crippen LogP) is 2.43. The van der Waals surface area contributed by atoms with E-state index in [-0.39, 0.29) is 5.91 Å². The molecule has 2 N–H and O–H groups in total. The van der Waals surface area contributed by atoms with Crippen LogP contribution in [-0.4, -0.2) is 26.8 Å². The van der Waals surface area contributed by atoms with Crippen molar-refractivity contribution in [2.24, 2.45) is 0 Å². The Hall–Kier alpha value is -1.53. The number of carbonyl (C=O) groups excluding carboxylic acids is 1. The van der Waals surface area contributed by atoms with Crippen LogP contribution >= 0.6 is 23.4 Å². The normalized spacial score (nSPS) is 10.5. The number of hydrogen-bond acceptors (Lipinski definition) is 4. The van der Waals surface area contributed by atoms with Gasteiger partial charge in [-0.2, -0.15) is 0 Å². The SMILES string of the molecule is CCc1nc(SCC(=O)NCc2ccc(Cl)cc2)n[nH]1. The molecule has 0 aliphatic heterocycles. The summed E-state index contributed by atoms with van der Waals surface area (Å²) in [7, 11) is 0. The molecule has 0 saturated heterocycles. The van der Waals surface area contributed by atoms with Crippen LogP contribution in [0.3, 0.4) is 0 Å². The first-order chi connectivity index (χ1) is 9.67. The fourth-order valence-corrected chi connectivity index (χ4v) is 2.26. The highest BCUT2D eigenvalue weighted by molar-refractivity contribution is 7.99. The van der Waals surface area contributed by atoms with Crippen molar-refractivity contribution in [1.82, 2.24) is 20.5 Å². The summed E-state index contributed by atoms with van der Waals surface area (Å²) >= 11 is 7.11. The second kappa shape index (κ2) is 7.31. The van der Waals surface area contributed by atoms with Crippen LogP contribution in [0.5, 0.6) is 0 Å². The summed E-state index contributed by atoms with van der Waals surface area (Å²) in [5.41, 5.74) is 1.01. The van der Waals surface area contributed by atoms with Crippen LogP contribution in [0.2, 0.25) is 5.02 Å². The van der Waals surface area contributed by atoms with Crippen LogP contribution in [0.1, 0.15) is 18.3 Å². The number of rotatable bonds is 6. The molecule has 20 heavy (non-hydrogen) atoms. The monoisotopic (exact) mass is 310 g/mol. The van der Waals surface area contributed by atoms with E-state index in [9.17, 15) is 4.79 Å². The third kappa shape index (κ3) is 4.54. The number of nitrogens with one attached hydrogen (secondary N) is 2. The van der Waals surface area contributed by atoms with Crippen molar-refractivity contribution in [3.05, 3.63) is 40.7 Å². The minimum atomic E-state index is -0.0483. The van der Waals surface area contributed by atoms with E-state index in [1.54, 1.807) is 12.1 Å². The molecule has 106 valence electrons. The largest absolute Gasteiger partial charge is 0.351 e. The van der Waals surface area contributed by atoms with Crippen molar-refractivity contribution < 1.29 is 4.79 Å². The van der Waals surface area contributed by atoms with Crippen LogP contribution in [0, 0.1) is 0 Å². The molecule has 0 unspecified atom stereocenters. The molecule has 7 heteroatoms. The maximum absolute atomic E-state index is 11.7. The number of benzene rings is 1. The highest BCUT2D eigenvalue weighted by atomic mass is 35.5. The van der Waals surface area contributed by atoms with Crippen LogP contribution in [0.15, 0.2) is 29.4 Å². The first-order valence-corrected chi connectivity index (χ1v) is 7.59. The third-order valence-corrected chi connectivity index (χ3v) is 3.68. The zero-order valence-corrected chi connectivity index (χ0v) is 12.6. The molecule has 2 aromatic rings. The highest BCUT2D eigenvalue weighted by Crippen LogP contribution is 2.12. The van der Waals surface area contributed by atoms with Gasteiger partial charge in [0, 0.05) is 18.0 Å². The third-order valence-electron chi connectivity index (χ3n) is 2.58. The lowest BCUT2D eigenvalue weighted by atomic mass is 10.2. The molecular weight excluding hydrogens is 296 g/mol. The summed E-state index contributed by atoms with van der Waals surface area (Å²) in [5.74, 6) is 1.08. The Bertz CT molecular complexity index is 570. The maximum Gasteiger partial charge on any atom is 0.230 e. The minimum Gasteiger partial charge on any atom is -0.351 e. The van der Waals surface area contributed by atoms with E-state index in [2.05, 4.69) is 20.5 Å². The number of H-pyrrole nitrogens is 1. The fourth-order valence-electron chi connectivity index (χ4n) is 1.48. The van der Waals surface area contributed by atoms with E-state index in [4.69, 9.17) is 11.6 Å². The van der Waals surface area contributed by atoms with Gasteiger partial charge in [-0.05, 0) is 17.7 Å². The molecule has 0 fully saturated rings. The molecule has 5 nitrogen and oxygen atoms in total. The van der Waals surface area contributed by atoms with Crippen molar-refractivity contribution >= 4 is 29.3 Å². The van der Waals surface area contributed by atoms with Gasteiger partial charge >= 0.3 is 0 Å². The maximum atomic E-state index is 11.7. The summed E-state index contributed by atoms with van der Waals surface area (Å²) in [4.78, 5) is 15.9. The van der Waals surface area contributed by atoms with Crippen molar-refractivity contribution in [2.75, 3.05) is 5.75 Å². The van der Waals surface area contributed by atoms with Gasteiger partial charge in [-0.3, -0.25) is 9.89 Å². The van der Waals surface area contributed by atoms with Gasteiger partial charge in [0.25, 0.3) is 0 Å². The van der Waals surface area contributed by atoms with Gasteiger partial charge in [0.15, 0.2) is 0 Å². The Kier molecular flexibility index (Phi) is 5.43. The molecule has 0 bridgehead atoms. The highest BCUT2D eigenvalue weighted by Gasteiger charge is 2.06. The molecule has 1 aromatic carbocycles. The molecule has 1 heterocycles. The van der Waals surface area contributed by atoms with Gasteiger partial charge in [0.05, 0.1) is 5.75 Å². The first kappa shape index (κ1) is 14.9. The first-order valence-electron chi connectivity index (χ1n) is 6.22. The Labute approximate surface area is 126 Å². The van der Waals surface area contributed by atoms with E-state index < -0.39 is 0 Å². The summed E-state index contributed by atoms with van der Waals surface area (Å²) < 4.78 is 0. The molecule has 0 saturated carbocycles. The number of carbonyl (C=O) groups is 1. The Balaban J connectivity index is 1.74. The summed E-state index contributed by atoms with van der Waals surface area (Å²) in [5, 5.41) is 11.0. The van der Waals surface area contributed by atoms with Crippen LogP contribution < -0.4 is 5.32 Å². The van der Waals surface area contributed by atoms with Crippen molar-refractivity contribution in [1.29, 1.82) is 0 Å². The number of aromatic amines is 1. The number of thioether (sulfide) groups is 1. The molecule has 0 radical (unpaired) electrons. The number of hydrogen-bond donors (Lipinski definition) is 2. The number of amides is 1. The van der Waals surface area contributed by atoms with Gasteiger partial charge in [0.2, 0.25) is 11.1 Å². The summed E-state index contributed by atoms with van der Waals surface area (Å²) in [6.45, 7) is 2.48. The van der Waals surface area contributed by atoms with E-state index in [1.807, 2.05) is 19.1 Å². The second-order valence-corrected chi connectivity index (χ2v) is 5.49.